The van der Waals surface area contributed by atoms with Gasteiger partial charge in [-0.1, -0.05) is 24.8 Å². The summed E-state index contributed by atoms with van der Waals surface area (Å²) >= 11 is 0. The third-order valence-electron chi connectivity index (χ3n) is 3.00. The van der Waals surface area contributed by atoms with E-state index in [-0.39, 0.29) is 4.48 Å². The van der Waals surface area contributed by atoms with Crippen molar-refractivity contribution in [1.82, 2.24) is 4.48 Å². The van der Waals surface area contributed by atoms with Crippen molar-refractivity contribution in [3.63, 3.8) is 0 Å². The van der Waals surface area contributed by atoms with E-state index in [9.17, 15) is 9.59 Å². The number of nitrogens with zero attached hydrogens (tertiary/aromatic N) is 1. The normalized spacial score (nSPS) is 14.7. The van der Waals surface area contributed by atoms with Crippen LogP contribution in [-0.4, -0.2) is 18.7 Å². The second kappa shape index (κ2) is 5.56. The summed E-state index contributed by atoms with van der Waals surface area (Å²) in [6.45, 7) is 6.83. The number of amides is 1. The minimum atomic E-state index is -0.478. The minimum Gasteiger partial charge on any atom is -0.284 e. The van der Waals surface area contributed by atoms with Crippen LogP contribution in [0.1, 0.15) is 13.8 Å². The second-order valence-corrected chi connectivity index (χ2v) is 4.12. The quantitative estimate of drug-likeness (QED) is 0.463. The maximum Gasteiger partial charge on any atom is 0.391 e. The van der Waals surface area contributed by atoms with Crippen LogP contribution in [0.4, 0.5) is 5.69 Å². The number of para-hydroxylation sites is 1. The molecule has 0 aliphatic heterocycles. The molecule has 18 heavy (non-hydrogen) atoms. The summed E-state index contributed by atoms with van der Waals surface area (Å²) in [4.78, 5) is 23.7. The van der Waals surface area contributed by atoms with Gasteiger partial charge in [-0.25, -0.2) is 4.79 Å². The zero-order chi connectivity index (χ0) is 13.8. The first-order valence-corrected chi connectivity index (χ1v) is 5.75. The lowest BCUT2D eigenvalue weighted by Gasteiger charge is -2.30. The summed E-state index contributed by atoms with van der Waals surface area (Å²) < 4.78 is -0.184. The maximum atomic E-state index is 12.3. The number of hydrogen-bond donors (Lipinski definition) is 0. The molecule has 0 fully saturated rings. The molecular formula is C15H18NO2+. The Kier molecular flexibility index (Phi) is 4.34. The monoisotopic (exact) mass is 244 g/mol. The van der Waals surface area contributed by atoms with Crippen LogP contribution in [0.25, 0.3) is 0 Å². The Hall–Kier alpha value is -2.00. The highest BCUT2D eigenvalue weighted by Crippen LogP contribution is 2.28. The Bertz CT molecular complexity index is 502. The van der Waals surface area contributed by atoms with Crippen LogP contribution >= 0.6 is 0 Å². The van der Waals surface area contributed by atoms with Crippen LogP contribution in [-0.2, 0) is 9.59 Å². The van der Waals surface area contributed by atoms with Crippen molar-refractivity contribution in [2.45, 2.75) is 13.8 Å². The van der Waals surface area contributed by atoms with Gasteiger partial charge in [0.15, 0.2) is 0 Å². The fourth-order valence-corrected chi connectivity index (χ4v) is 1.98. The zero-order valence-corrected chi connectivity index (χ0v) is 11.0. The first-order valence-electron chi connectivity index (χ1n) is 5.75. The van der Waals surface area contributed by atoms with E-state index in [2.05, 4.69) is 6.58 Å². The lowest BCUT2D eigenvalue weighted by Crippen LogP contribution is -2.52. The molecule has 1 aromatic rings. The molecule has 0 spiro atoms. The number of ketones is 1. The molecule has 1 unspecified atom stereocenters. The number of likely N-dealkylation sites (N-methyl/N-ethyl adjacent to an activating group) is 1. The van der Waals surface area contributed by atoms with Gasteiger partial charge in [0.2, 0.25) is 0 Å². The van der Waals surface area contributed by atoms with Crippen molar-refractivity contribution in [2.24, 2.45) is 0 Å². The van der Waals surface area contributed by atoms with Crippen molar-refractivity contribution < 1.29 is 9.59 Å². The van der Waals surface area contributed by atoms with E-state index in [4.69, 9.17) is 0 Å². The first-order chi connectivity index (χ1) is 8.48. The summed E-state index contributed by atoms with van der Waals surface area (Å²) in [6.07, 6.45) is 3.40. The maximum absolute atomic E-state index is 12.3. The van der Waals surface area contributed by atoms with E-state index in [0.29, 0.717) is 5.70 Å². The largest absolute Gasteiger partial charge is 0.391 e. The second-order valence-electron chi connectivity index (χ2n) is 4.12. The van der Waals surface area contributed by atoms with Crippen LogP contribution in [0.2, 0.25) is 0 Å². The Morgan fingerprint density at radius 3 is 2.17 bits per heavy atom. The number of benzene rings is 1. The number of allylic oxidation sites excluding steroid dienone is 2. The summed E-state index contributed by atoms with van der Waals surface area (Å²) in [7, 11) is 1.70. The number of carbonyl (C=O) groups excluding carboxylic acids is 2. The Morgan fingerprint density at radius 2 is 1.78 bits per heavy atom. The van der Waals surface area contributed by atoms with Crippen LogP contribution in [0.15, 0.2) is 54.8 Å². The molecule has 0 heterocycles. The smallest absolute Gasteiger partial charge is 0.284 e. The molecule has 0 N–H and O–H groups in total. The average Bonchev–Trinajstić information content (AvgIpc) is 2.39. The molecule has 0 bridgehead atoms. The Labute approximate surface area is 108 Å². The number of rotatable bonds is 4. The van der Waals surface area contributed by atoms with Gasteiger partial charge in [-0.2, -0.15) is 4.48 Å². The van der Waals surface area contributed by atoms with E-state index in [1.807, 2.05) is 37.3 Å². The first kappa shape index (κ1) is 14.1. The highest BCUT2D eigenvalue weighted by molar-refractivity contribution is 6.38. The van der Waals surface area contributed by atoms with Gasteiger partial charge in [0.1, 0.15) is 11.4 Å². The van der Waals surface area contributed by atoms with Gasteiger partial charge in [-0.05, 0) is 19.1 Å². The third-order valence-corrected chi connectivity index (χ3v) is 3.00. The van der Waals surface area contributed by atoms with Crippen LogP contribution in [0.3, 0.4) is 0 Å². The molecule has 1 rings (SSSR count). The van der Waals surface area contributed by atoms with Gasteiger partial charge in [-0.15, -0.1) is 0 Å². The summed E-state index contributed by atoms with van der Waals surface area (Å²) in [6, 6.07) is 9.21. The van der Waals surface area contributed by atoms with E-state index < -0.39 is 11.7 Å². The predicted octanol–water partition coefficient (Wildman–Crippen LogP) is 2.83. The van der Waals surface area contributed by atoms with Gasteiger partial charge in [0, 0.05) is 19.1 Å². The topological polar surface area (TPSA) is 34.1 Å². The summed E-state index contributed by atoms with van der Waals surface area (Å²) in [5.74, 6) is -0.947. The molecule has 3 nitrogen and oxygen atoms in total. The van der Waals surface area contributed by atoms with Crippen molar-refractivity contribution in [1.29, 1.82) is 0 Å². The van der Waals surface area contributed by atoms with E-state index in [1.54, 1.807) is 19.2 Å². The fourth-order valence-electron chi connectivity index (χ4n) is 1.98. The predicted molar refractivity (Wildman–Crippen MR) is 73.8 cm³/mol. The highest BCUT2D eigenvalue weighted by Gasteiger charge is 2.40. The van der Waals surface area contributed by atoms with Gasteiger partial charge in [0.25, 0.3) is 5.78 Å². The molecule has 3 heteroatoms. The summed E-state index contributed by atoms with van der Waals surface area (Å²) in [5.41, 5.74) is 1.42. The number of quaternary nitrogens is 1. The average molecular weight is 244 g/mol. The Balaban J connectivity index is 3.49. The van der Waals surface area contributed by atoms with E-state index in [1.165, 1.54) is 6.92 Å². The van der Waals surface area contributed by atoms with E-state index in [0.717, 1.165) is 5.69 Å². The van der Waals surface area contributed by atoms with Crippen molar-refractivity contribution in [2.75, 3.05) is 7.05 Å². The lowest BCUT2D eigenvalue weighted by atomic mass is 10.1. The minimum absolute atomic E-state index is 0.184. The summed E-state index contributed by atoms with van der Waals surface area (Å²) in [5, 5.41) is 0. The van der Waals surface area contributed by atoms with Crippen molar-refractivity contribution in [3.8, 4) is 0 Å². The molecule has 0 aromatic heterocycles. The van der Waals surface area contributed by atoms with Crippen LogP contribution < -0.4 is 4.48 Å². The third kappa shape index (κ3) is 2.31. The number of carbonyl (C=O) groups is 2. The Morgan fingerprint density at radius 1 is 1.22 bits per heavy atom. The van der Waals surface area contributed by atoms with Crippen LogP contribution in [0.5, 0.6) is 0 Å². The molecule has 0 saturated carbocycles. The molecule has 0 saturated heterocycles. The molecule has 0 aliphatic rings. The SMILES string of the molecule is C=C/C(=C\C)[N+](C)(C(=O)C(C)=O)c1ccccc1. The molecule has 0 aliphatic carbocycles. The van der Waals surface area contributed by atoms with Gasteiger partial charge < -0.3 is 0 Å². The van der Waals surface area contributed by atoms with Gasteiger partial charge in [0.05, 0.1) is 7.05 Å². The molecule has 1 atom stereocenters. The zero-order valence-electron chi connectivity index (χ0n) is 11.0. The number of Topliss-reactive ketones (excluding diaryl/α,β-unsaturated/α-hetero) is 1. The van der Waals surface area contributed by atoms with Crippen molar-refractivity contribution >= 4 is 17.4 Å². The number of hydrogen-bond acceptors (Lipinski definition) is 2. The molecule has 94 valence electrons. The van der Waals surface area contributed by atoms with E-state index >= 15 is 0 Å². The molecular weight excluding hydrogens is 226 g/mol. The fraction of sp³-hybridized carbons (Fsp3) is 0.200. The van der Waals surface area contributed by atoms with Gasteiger partial charge >= 0.3 is 5.91 Å². The van der Waals surface area contributed by atoms with Crippen molar-refractivity contribution in [3.05, 3.63) is 54.8 Å². The van der Waals surface area contributed by atoms with Crippen LogP contribution in [0, 0.1) is 0 Å². The molecule has 0 radical (unpaired) electrons. The van der Waals surface area contributed by atoms with Gasteiger partial charge in [-0.3, -0.25) is 4.79 Å². The highest BCUT2D eigenvalue weighted by atomic mass is 16.2. The lowest BCUT2D eigenvalue weighted by molar-refractivity contribution is -0.140. The molecule has 1 amide bonds. The standard InChI is InChI=1S/C15H18NO2/c1-5-13(6-2)16(4,15(18)12(3)17)14-10-8-7-9-11-14/h5-11H,1H2,2-4H3/q+1/b13-6+. The molecule has 1 aromatic carbocycles.